The molecule has 1 aliphatic carbocycles. The zero-order valence-electron chi connectivity index (χ0n) is 13.1. The Balaban J connectivity index is 1.29. The monoisotopic (exact) mass is 287 g/mol. The van der Waals surface area contributed by atoms with Gasteiger partial charge in [-0.05, 0) is 56.0 Å². The average Bonchev–Trinajstić information content (AvgIpc) is 3.08. The lowest BCUT2D eigenvalue weighted by Crippen LogP contribution is -2.33. The number of benzene rings is 1. The van der Waals surface area contributed by atoms with E-state index in [1.807, 2.05) is 0 Å². The maximum Gasteiger partial charge on any atom is 0.0716 e. The second-order valence-electron chi connectivity index (χ2n) is 6.81. The lowest BCUT2D eigenvalue weighted by Gasteiger charge is -2.32. The van der Waals surface area contributed by atoms with Crippen molar-refractivity contribution in [3.05, 3.63) is 35.9 Å². The number of rotatable bonds is 6. The molecule has 1 saturated carbocycles. The van der Waals surface area contributed by atoms with E-state index in [1.165, 1.54) is 57.1 Å². The van der Waals surface area contributed by atoms with E-state index in [-0.39, 0.29) is 0 Å². The van der Waals surface area contributed by atoms with E-state index < -0.39 is 0 Å². The van der Waals surface area contributed by atoms with Gasteiger partial charge in [-0.2, -0.15) is 0 Å². The predicted octanol–water partition coefficient (Wildman–Crippen LogP) is 4.15. The summed E-state index contributed by atoms with van der Waals surface area (Å²) in [5.74, 6) is 1.85. The normalized spacial score (nSPS) is 29.6. The fourth-order valence-electron chi connectivity index (χ4n) is 4.01. The van der Waals surface area contributed by atoms with Gasteiger partial charge in [0, 0.05) is 12.6 Å². The Bertz CT molecular complexity index is 391. The van der Waals surface area contributed by atoms with E-state index in [2.05, 4.69) is 35.6 Å². The summed E-state index contributed by atoms with van der Waals surface area (Å²) in [5, 5.41) is 3.69. The second-order valence-corrected chi connectivity index (χ2v) is 6.81. The highest BCUT2D eigenvalue weighted by atomic mass is 16.5. The molecule has 0 bridgehead atoms. The summed E-state index contributed by atoms with van der Waals surface area (Å²) in [7, 11) is 0. The number of ether oxygens (including phenoxy) is 1. The molecule has 0 radical (unpaired) electrons. The van der Waals surface area contributed by atoms with E-state index in [9.17, 15) is 0 Å². The highest BCUT2D eigenvalue weighted by Gasteiger charge is 2.28. The maximum absolute atomic E-state index is 5.84. The van der Waals surface area contributed by atoms with E-state index in [1.54, 1.807) is 0 Å². The topological polar surface area (TPSA) is 21.3 Å². The molecule has 0 spiro atoms. The standard InChI is InChI=1S/C19H29NO/c1-2-5-17(6-3-1)15-21-14-12-16-8-10-18(11-9-16)19-7-4-13-20-19/h1-3,5-6,16,18-20H,4,7-15H2/t16?,18?,19-/m0/s1. The Morgan fingerprint density at radius 3 is 2.52 bits per heavy atom. The number of nitrogens with one attached hydrogen (secondary N) is 1. The minimum atomic E-state index is 0.766. The minimum absolute atomic E-state index is 0.766. The molecule has 1 atom stereocenters. The average molecular weight is 287 g/mol. The summed E-state index contributed by atoms with van der Waals surface area (Å²) in [5.41, 5.74) is 1.29. The molecule has 2 aliphatic rings. The van der Waals surface area contributed by atoms with Crippen LogP contribution in [0.2, 0.25) is 0 Å². The molecule has 1 aromatic rings. The molecule has 1 N–H and O–H groups in total. The van der Waals surface area contributed by atoms with Crippen LogP contribution < -0.4 is 5.32 Å². The smallest absolute Gasteiger partial charge is 0.0716 e. The zero-order valence-corrected chi connectivity index (χ0v) is 13.1. The van der Waals surface area contributed by atoms with Crippen molar-refractivity contribution in [1.29, 1.82) is 0 Å². The van der Waals surface area contributed by atoms with Crippen molar-refractivity contribution in [3.63, 3.8) is 0 Å². The summed E-state index contributed by atoms with van der Waals surface area (Å²) in [4.78, 5) is 0. The van der Waals surface area contributed by atoms with Gasteiger partial charge in [-0.25, -0.2) is 0 Å². The Morgan fingerprint density at radius 1 is 1.00 bits per heavy atom. The van der Waals surface area contributed by atoms with Crippen molar-refractivity contribution in [3.8, 4) is 0 Å². The van der Waals surface area contributed by atoms with Crippen molar-refractivity contribution in [2.75, 3.05) is 13.2 Å². The van der Waals surface area contributed by atoms with Gasteiger partial charge in [0.2, 0.25) is 0 Å². The Morgan fingerprint density at radius 2 is 1.81 bits per heavy atom. The van der Waals surface area contributed by atoms with Crippen LogP contribution in [0.25, 0.3) is 0 Å². The molecule has 3 rings (SSSR count). The van der Waals surface area contributed by atoms with Gasteiger partial charge in [0.25, 0.3) is 0 Å². The van der Waals surface area contributed by atoms with Crippen LogP contribution in [0.4, 0.5) is 0 Å². The SMILES string of the molecule is c1ccc(COCCC2CCC([C@@H]3CCCN3)CC2)cc1. The number of hydrogen-bond acceptors (Lipinski definition) is 2. The highest BCUT2D eigenvalue weighted by molar-refractivity contribution is 5.13. The zero-order chi connectivity index (χ0) is 14.3. The summed E-state index contributed by atoms with van der Waals surface area (Å²) in [6.07, 6.45) is 9.74. The van der Waals surface area contributed by atoms with Crippen LogP contribution in [-0.2, 0) is 11.3 Å². The molecule has 0 aromatic heterocycles. The molecule has 0 amide bonds. The molecule has 0 unspecified atom stereocenters. The molecular weight excluding hydrogens is 258 g/mol. The maximum atomic E-state index is 5.84. The first-order chi connectivity index (χ1) is 10.4. The van der Waals surface area contributed by atoms with E-state index >= 15 is 0 Å². The quantitative estimate of drug-likeness (QED) is 0.794. The summed E-state index contributed by atoms with van der Waals surface area (Å²) < 4.78 is 5.84. The van der Waals surface area contributed by atoms with E-state index in [0.29, 0.717) is 0 Å². The highest BCUT2D eigenvalue weighted by Crippen LogP contribution is 2.34. The molecule has 2 fully saturated rings. The fourth-order valence-corrected chi connectivity index (χ4v) is 4.01. The van der Waals surface area contributed by atoms with Gasteiger partial charge in [-0.1, -0.05) is 43.2 Å². The summed E-state index contributed by atoms with van der Waals surface area (Å²) in [6.45, 7) is 2.94. The van der Waals surface area contributed by atoms with Gasteiger partial charge in [-0.3, -0.25) is 0 Å². The van der Waals surface area contributed by atoms with Gasteiger partial charge < -0.3 is 10.1 Å². The van der Waals surface area contributed by atoms with Crippen molar-refractivity contribution in [1.82, 2.24) is 5.32 Å². The first-order valence-corrected chi connectivity index (χ1v) is 8.77. The van der Waals surface area contributed by atoms with Crippen molar-refractivity contribution >= 4 is 0 Å². The Hall–Kier alpha value is -0.860. The molecular formula is C19H29NO. The van der Waals surface area contributed by atoms with Gasteiger partial charge in [-0.15, -0.1) is 0 Å². The fraction of sp³-hybridized carbons (Fsp3) is 0.684. The van der Waals surface area contributed by atoms with Gasteiger partial charge in [0.05, 0.1) is 6.61 Å². The molecule has 1 heterocycles. The van der Waals surface area contributed by atoms with Crippen LogP contribution >= 0.6 is 0 Å². The molecule has 2 nitrogen and oxygen atoms in total. The van der Waals surface area contributed by atoms with Crippen molar-refractivity contribution in [2.45, 2.75) is 57.6 Å². The molecule has 1 aromatic carbocycles. The molecule has 1 saturated heterocycles. The van der Waals surface area contributed by atoms with Crippen LogP contribution in [0.1, 0.15) is 50.5 Å². The van der Waals surface area contributed by atoms with Gasteiger partial charge >= 0.3 is 0 Å². The molecule has 2 heteroatoms. The predicted molar refractivity (Wildman–Crippen MR) is 87.2 cm³/mol. The van der Waals surface area contributed by atoms with Crippen LogP contribution in [0.15, 0.2) is 30.3 Å². The van der Waals surface area contributed by atoms with Crippen LogP contribution in [0.5, 0.6) is 0 Å². The third-order valence-electron chi connectivity index (χ3n) is 5.34. The minimum Gasteiger partial charge on any atom is -0.377 e. The molecule has 21 heavy (non-hydrogen) atoms. The van der Waals surface area contributed by atoms with E-state index in [4.69, 9.17) is 4.74 Å². The first kappa shape index (κ1) is 15.1. The lowest BCUT2D eigenvalue weighted by atomic mass is 9.77. The van der Waals surface area contributed by atoms with Gasteiger partial charge in [0.1, 0.15) is 0 Å². The van der Waals surface area contributed by atoms with Crippen molar-refractivity contribution < 1.29 is 4.74 Å². The second kappa shape index (κ2) is 7.95. The third kappa shape index (κ3) is 4.55. The van der Waals surface area contributed by atoms with E-state index in [0.717, 1.165) is 31.1 Å². The van der Waals surface area contributed by atoms with Gasteiger partial charge in [0.15, 0.2) is 0 Å². The van der Waals surface area contributed by atoms with Crippen LogP contribution in [0.3, 0.4) is 0 Å². The first-order valence-electron chi connectivity index (χ1n) is 8.77. The molecule has 116 valence electrons. The van der Waals surface area contributed by atoms with Crippen LogP contribution in [0, 0.1) is 11.8 Å². The summed E-state index contributed by atoms with van der Waals surface area (Å²) in [6, 6.07) is 11.3. The lowest BCUT2D eigenvalue weighted by molar-refractivity contribution is 0.0961. The summed E-state index contributed by atoms with van der Waals surface area (Å²) >= 11 is 0. The Labute approximate surface area is 129 Å². The van der Waals surface area contributed by atoms with Crippen molar-refractivity contribution in [2.24, 2.45) is 11.8 Å². The largest absolute Gasteiger partial charge is 0.377 e. The molecule has 1 aliphatic heterocycles. The Kier molecular flexibility index (Phi) is 5.70. The van der Waals surface area contributed by atoms with Crippen LogP contribution in [-0.4, -0.2) is 19.2 Å². The third-order valence-corrected chi connectivity index (χ3v) is 5.34. The number of hydrogen-bond donors (Lipinski definition) is 1.